The summed E-state index contributed by atoms with van der Waals surface area (Å²) in [5, 5.41) is 17.0. The van der Waals surface area contributed by atoms with Gasteiger partial charge in [-0.3, -0.25) is 0 Å². The minimum absolute atomic E-state index is 0.798. The predicted molar refractivity (Wildman–Crippen MR) is 44.9 cm³/mol. The van der Waals surface area contributed by atoms with E-state index in [0.29, 0.717) is 0 Å². The monoisotopic (exact) mass is 157 g/mol. The van der Waals surface area contributed by atoms with Gasteiger partial charge in [-0.15, -0.1) is 0 Å². The molecule has 0 aliphatic heterocycles. The van der Waals surface area contributed by atoms with Gasteiger partial charge >= 0.3 is 0 Å². The highest BCUT2D eigenvalue weighted by Gasteiger charge is 1.90. The van der Waals surface area contributed by atoms with Gasteiger partial charge in [0.05, 0.1) is 0 Å². The van der Waals surface area contributed by atoms with E-state index in [1.165, 1.54) is 0 Å². The molecular formula is C10H7NO. The number of aliphatic hydroxyl groups excluding tert-OH is 1. The zero-order chi connectivity index (χ0) is 8.81. The van der Waals surface area contributed by atoms with Crippen LogP contribution in [0.3, 0.4) is 0 Å². The summed E-state index contributed by atoms with van der Waals surface area (Å²) >= 11 is 0. The quantitative estimate of drug-likeness (QED) is 0.449. The van der Waals surface area contributed by atoms with Gasteiger partial charge in [0.1, 0.15) is 6.07 Å². The van der Waals surface area contributed by atoms with Crippen molar-refractivity contribution in [2.45, 2.75) is 6.10 Å². The Morgan fingerprint density at radius 1 is 1.25 bits per heavy atom. The highest BCUT2D eigenvalue weighted by Crippen LogP contribution is 1.94. The normalized spacial score (nSPS) is 10.7. The van der Waals surface area contributed by atoms with Crippen molar-refractivity contribution in [2.24, 2.45) is 0 Å². The fourth-order valence-electron chi connectivity index (χ4n) is 0.705. The molecule has 1 atom stereocenters. The maximum Gasteiger partial charge on any atom is 0.202 e. The molecule has 0 aliphatic rings. The third-order valence-corrected chi connectivity index (χ3v) is 1.25. The van der Waals surface area contributed by atoms with Crippen molar-refractivity contribution in [3.63, 3.8) is 0 Å². The van der Waals surface area contributed by atoms with Crippen LogP contribution in [-0.2, 0) is 0 Å². The Balaban J connectivity index is 2.75. The molecule has 58 valence electrons. The summed E-state index contributed by atoms with van der Waals surface area (Å²) in [5.74, 6) is 5.07. The average molecular weight is 157 g/mol. The first-order valence-corrected chi connectivity index (χ1v) is 3.47. The van der Waals surface area contributed by atoms with Crippen LogP contribution in [0, 0.1) is 23.2 Å². The number of nitriles is 1. The third-order valence-electron chi connectivity index (χ3n) is 1.25. The Bertz CT molecular complexity index is 340. The number of hydrogen-bond donors (Lipinski definition) is 1. The van der Waals surface area contributed by atoms with Crippen molar-refractivity contribution in [3.05, 3.63) is 35.9 Å². The van der Waals surface area contributed by atoms with Gasteiger partial charge in [-0.2, -0.15) is 5.26 Å². The van der Waals surface area contributed by atoms with Crippen LogP contribution in [0.2, 0.25) is 0 Å². The Morgan fingerprint density at radius 3 is 2.50 bits per heavy atom. The zero-order valence-electron chi connectivity index (χ0n) is 6.36. The molecule has 1 aromatic carbocycles. The summed E-state index contributed by atoms with van der Waals surface area (Å²) in [4.78, 5) is 0. The van der Waals surface area contributed by atoms with Gasteiger partial charge in [-0.1, -0.05) is 30.0 Å². The fourth-order valence-corrected chi connectivity index (χ4v) is 0.705. The molecule has 2 heteroatoms. The van der Waals surface area contributed by atoms with E-state index in [1.54, 1.807) is 6.07 Å². The van der Waals surface area contributed by atoms with Crippen LogP contribution in [0.25, 0.3) is 0 Å². The van der Waals surface area contributed by atoms with Crippen molar-refractivity contribution in [1.82, 2.24) is 0 Å². The molecule has 0 amide bonds. The average Bonchev–Trinajstić information content (AvgIpc) is 2.16. The van der Waals surface area contributed by atoms with E-state index in [9.17, 15) is 0 Å². The molecule has 0 saturated carbocycles. The SMILES string of the molecule is N#CC(O)C#Cc1ccccc1. The number of benzene rings is 1. The fraction of sp³-hybridized carbons (Fsp3) is 0.100. The van der Waals surface area contributed by atoms with Gasteiger partial charge in [-0.25, -0.2) is 0 Å². The van der Waals surface area contributed by atoms with E-state index in [2.05, 4.69) is 11.8 Å². The Morgan fingerprint density at radius 2 is 1.92 bits per heavy atom. The second-order valence-electron chi connectivity index (χ2n) is 2.17. The molecule has 1 unspecified atom stereocenters. The van der Waals surface area contributed by atoms with E-state index in [0.717, 1.165) is 5.56 Å². The van der Waals surface area contributed by atoms with Crippen molar-refractivity contribution in [1.29, 1.82) is 5.26 Å². The van der Waals surface area contributed by atoms with Crippen LogP contribution < -0.4 is 0 Å². The van der Waals surface area contributed by atoms with E-state index in [1.807, 2.05) is 30.3 Å². The second kappa shape index (κ2) is 4.18. The summed E-state index contributed by atoms with van der Waals surface area (Å²) in [5.41, 5.74) is 0.798. The second-order valence-corrected chi connectivity index (χ2v) is 2.17. The highest BCUT2D eigenvalue weighted by molar-refractivity contribution is 5.35. The van der Waals surface area contributed by atoms with Crippen LogP contribution in [-0.4, -0.2) is 11.2 Å². The Labute approximate surface area is 71.1 Å². The highest BCUT2D eigenvalue weighted by atomic mass is 16.3. The Kier molecular flexibility index (Phi) is 2.90. The molecule has 0 spiro atoms. The van der Waals surface area contributed by atoms with Gasteiger partial charge < -0.3 is 5.11 Å². The standard InChI is InChI=1S/C10H7NO/c11-8-10(12)7-6-9-4-2-1-3-5-9/h1-5,10,12H. The molecular weight excluding hydrogens is 150 g/mol. The first-order valence-electron chi connectivity index (χ1n) is 3.47. The minimum Gasteiger partial charge on any atom is -0.368 e. The molecule has 0 radical (unpaired) electrons. The van der Waals surface area contributed by atoms with E-state index in [4.69, 9.17) is 10.4 Å². The molecule has 2 nitrogen and oxygen atoms in total. The minimum atomic E-state index is -1.19. The maximum absolute atomic E-state index is 8.78. The van der Waals surface area contributed by atoms with Gasteiger partial charge in [0.25, 0.3) is 0 Å². The van der Waals surface area contributed by atoms with Crippen LogP contribution >= 0.6 is 0 Å². The van der Waals surface area contributed by atoms with Crippen LogP contribution in [0.1, 0.15) is 5.56 Å². The molecule has 0 fully saturated rings. The summed E-state index contributed by atoms with van der Waals surface area (Å²) in [6.07, 6.45) is -1.19. The zero-order valence-corrected chi connectivity index (χ0v) is 6.36. The third kappa shape index (κ3) is 2.46. The molecule has 0 aliphatic carbocycles. The molecule has 1 rings (SSSR count). The lowest BCUT2D eigenvalue weighted by Gasteiger charge is -1.87. The lowest BCUT2D eigenvalue weighted by atomic mass is 10.2. The molecule has 12 heavy (non-hydrogen) atoms. The van der Waals surface area contributed by atoms with Gasteiger partial charge in [0, 0.05) is 5.56 Å². The topological polar surface area (TPSA) is 44.0 Å². The molecule has 1 aromatic rings. The Hall–Kier alpha value is -1.77. The first kappa shape index (κ1) is 8.33. The van der Waals surface area contributed by atoms with Crippen molar-refractivity contribution in [2.75, 3.05) is 0 Å². The molecule has 1 N–H and O–H groups in total. The lowest BCUT2D eigenvalue weighted by molar-refractivity contribution is 0.287. The first-order chi connectivity index (χ1) is 5.83. The lowest BCUT2D eigenvalue weighted by Crippen LogP contribution is -1.96. The van der Waals surface area contributed by atoms with Gasteiger partial charge in [0.15, 0.2) is 0 Å². The predicted octanol–water partition coefficient (Wildman–Crippen LogP) is 0.923. The summed E-state index contributed by atoms with van der Waals surface area (Å²) < 4.78 is 0. The van der Waals surface area contributed by atoms with Gasteiger partial charge in [0.2, 0.25) is 6.10 Å². The number of rotatable bonds is 0. The largest absolute Gasteiger partial charge is 0.368 e. The van der Waals surface area contributed by atoms with Gasteiger partial charge in [-0.05, 0) is 12.1 Å². The molecule has 0 heterocycles. The molecule has 0 bridgehead atoms. The maximum atomic E-state index is 8.78. The van der Waals surface area contributed by atoms with E-state index >= 15 is 0 Å². The number of hydrogen-bond acceptors (Lipinski definition) is 2. The van der Waals surface area contributed by atoms with Crippen molar-refractivity contribution >= 4 is 0 Å². The van der Waals surface area contributed by atoms with Crippen molar-refractivity contribution in [3.8, 4) is 17.9 Å². The van der Waals surface area contributed by atoms with Crippen molar-refractivity contribution < 1.29 is 5.11 Å². The molecule has 0 aromatic heterocycles. The van der Waals surface area contributed by atoms with E-state index < -0.39 is 6.10 Å². The number of aliphatic hydroxyl groups is 1. The van der Waals surface area contributed by atoms with Crippen LogP contribution in [0.5, 0.6) is 0 Å². The summed E-state index contributed by atoms with van der Waals surface area (Å²) in [6, 6.07) is 10.8. The van der Waals surface area contributed by atoms with Crippen LogP contribution in [0.4, 0.5) is 0 Å². The summed E-state index contributed by atoms with van der Waals surface area (Å²) in [6.45, 7) is 0. The van der Waals surface area contributed by atoms with Crippen LogP contribution in [0.15, 0.2) is 30.3 Å². The smallest absolute Gasteiger partial charge is 0.202 e. The van der Waals surface area contributed by atoms with E-state index in [-0.39, 0.29) is 0 Å². The molecule has 0 saturated heterocycles. The number of nitrogens with zero attached hydrogens (tertiary/aromatic N) is 1. The summed E-state index contributed by atoms with van der Waals surface area (Å²) in [7, 11) is 0.